The first-order valence-electron chi connectivity index (χ1n) is 9.84. The van der Waals surface area contributed by atoms with Crippen LogP contribution in [-0.2, 0) is 14.6 Å². The monoisotopic (exact) mass is 416 g/mol. The maximum absolute atomic E-state index is 12.5. The number of rotatable bonds is 7. The highest BCUT2D eigenvalue weighted by atomic mass is 32.2. The lowest BCUT2D eigenvalue weighted by atomic mass is 10.2. The summed E-state index contributed by atoms with van der Waals surface area (Å²) in [5.41, 5.74) is 2.05. The minimum atomic E-state index is -3.48. The second-order valence-corrected chi connectivity index (χ2v) is 9.51. The fraction of sp³-hybridized carbons (Fsp3) is 0.409. The van der Waals surface area contributed by atoms with Gasteiger partial charge in [0.05, 0.1) is 29.4 Å². The average Bonchev–Trinajstić information content (AvgIpc) is 2.71. The second kappa shape index (κ2) is 8.86. The smallest absolute Gasteiger partial charge is 0.223 e. The third-order valence-electron chi connectivity index (χ3n) is 5.17. The number of benzene rings is 2. The summed E-state index contributed by atoms with van der Waals surface area (Å²) in [7, 11) is -1.78. The molecule has 0 aliphatic carbocycles. The van der Waals surface area contributed by atoms with Gasteiger partial charge >= 0.3 is 0 Å². The predicted molar refractivity (Wildman–Crippen MR) is 114 cm³/mol. The zero-order chi connectivity index (χ0) is 21.0. The van der Waals surface area contributed by atoms with Crippen LogP contribution in [0.4, 0.5) is 5.69 Å². The molecule has 1 aliphatic rings. The van der Waals surface area contributed by atoms with Crippen molar-refractivity contribution in [3.63, 3.8) is 0 Å². The van der Waals surface area contributed by atoms with Crippen molar-refractivity contribution >= 4 is 21.4 Å². The third kappa shape index (κ3) is 5.09. The van der Waals surface area contributed by atoms with Gasteiger partial charge in [-0.2, -0.15) is 0 Å². The number of sulfone groups is 1. The Kier molecular flexibility index (Phi) is 6.47. The standard InChI is InChI=1S/C22H28N2O4S/c1-4-24-16-18(28-21-8-6-5-7-20(21)24)15-23(3)22(25)13-14-29(26,27)19-11-9-17(2)10-12-19/h5-12,18H,4,13-16H2,1-3H3/t18-/m0/s1. The first-order valence-corrected chi connectivity index (χ1v) is 11.5. The topological polar surface area (TPSA) is 66.9 Å². The Morgan fingerprint density at radius 3 is 2.55 bits per heavy atom. The van der Waals surface area contributed by atoms with Gasteiger partial charge in [-0.3, -0.25) is 4.79 Å². The Labute approximate surface area is 173 Å². The second-order valence-electron chi connectivity index (χ2n) is 7.40. The first-order chi connectivity index (χ1) is 13.8. The van der Waals surface area contributed by atoms with E-state index in [9.17, 15) is 13.2 Å². The average molecular weight is 417 g/mol. The number of anilines is 1. The molecule has 0 saturated heterocycles. The molecule has 0 radical (unpaired) electrons. The van der Waals surface area contributed by atoms with Gasteiger partial charge in [0.15, 0.2) is 9.84 Å². The summed E-state index contributed by atoms with van der Waals surface area (Å²) >= 11 is 0. The molecule has 0 bridgehead atoms. The van der Waals surface area contributed by atoms with E-state index in [4.69, 9.17) is 4.74 Å². The van der Waals surface area contributed by atoms with E-state index in [2.05, 4.69) is 11.8 Å². The lowest BCUT2D eigenvalue weighted by Crippen LogP contribution is -2.47. The molecule has 0 N–H and O–H groups in total. The van der Waals surface area contributed by atoms with Crippen LogP contribution in [-0.4, -0.2) is 57.8 Å². The van der Waals surface area contributed by atoms with Gasteiger partial charge in [-0.25, -0.2) is 8.42 Å². The van der Waals surface area contributed by atoms with Gasteiger partial charge in [-0.05, 0) is 38.1 Å². The van der Waals surface area contributed by atoms with Crippen LogP contribution in [0.5, 0.6) is 5.75 Å². The maximum atomic E-state index is 12.5. The molecule has 29 heavy (non-hydrogen) atoms. The van der Waals surface area contributed by atoms with Crippen LogP contribution in [0.25, 0.3) is 0 Å². The molecule has 3 rings (SSSR count). The molecule has 0 saturated carbocycles. The molecule has 1 amide bonds. The third-order valence-corrected chi connectivity index (χ3v) is 6.91. The van der Waals surface area contributed by atoms with E-state index in [-0.39, 0.29) is 29.1 Å². The predicted octanol–water partition coefficient (Wildman–Crippen LogP) is 2.90. The summed E-state index contributed by atoms with van der Waals surface area (Å²) in [5.74, 6) is 0.411. The minimum Gasteiger partial charge on any atom is -0.485 e. The minimum absolute atomic E-state index is 0.0481. The summed E-state index contributed by atoms with van der Waals surface area (Å²) in [5, 5.41) is 0. The summed E-state index contributed by atoms with van der Waals surface area (Å²) < 4.78 is 31.0. The normalized spacial score (nSPS) is 16.1. The number of para-hydroxylation sites is 2. The maximum Gasteiger partial charge on any atom is 0.223 e. The van der Waals surface area contributed by atoms with Crippen LogP contribution in [0.1, 0.15) is 18.9 Å². The first kappa shape index (κ1) is 21.2. The molecule has 1 heterocycles. The largest absolute Gasteiger partial charge is 0.485 e. The van der Waals surface area contributed by atoms with Crippen molar-refractivity contribution in [3.8, 4) is 5.75 Å². The number of hydrogen-bond acceptors (Lipinski definition) is 5. The fourth-order valence-electron chi connectivity index (χ4n) is 3.46. The summed E-state index contributed by atoms with van der Waals surface area (Å²) in [6, 6.07) is 14.6. The lowest BCUT2D eigenvalue weighted by Gasteiger charge is -2.37. The SMILES string of the molecule is CCN1C[C@H](CN(C)C(=O)CCS(=O)(=O)c2ccc(C)cc2)Oc2ccccc21. The van der Waals surface area contributed by atoms with Crippen LogP contribution in [0.2, 0.25) is 0 Å². The molecule has 0 fully saturated rings. The van der Waals surface area contributed by atoms with Gasteiger partial charge in [0.2, 0.25) is 5.91 Å². The quantitative estimate of drug-likeness (QED) is 0.694. The number of ether oxygens (including phenoxy) is 1. The van der Waals surface area contributed by atoms with Crippen molar-refractivity contribution in [2.75, 3.05) is 37.3 Å². The van der Waals surface area contributed by atoms with E-state index in [0.717, 1.165) is 23.5 Å². The van der Waals surface area contributed by atoms with Gasteiger partial charge in [-0.1, -0.05) is 29.8 Å². The van der Waals surface area contributed by atoms with E-state index >= 15 is 0 Å². The number of carbonyl (C=O) groups excluding carboxylic acids is 1. The van der Waals surface area contributed by atoms with Gasteiger partial charge < -0.3 is 14.5 Å². The number of aryl methyl sites for hydroxylation is 1. The lowest BCUT2D eigenvalue weighted by molar-refractivity contribution is -0.130. The highest BCUT2D eigenvalue weighted by molar-refractivity contribution is 7.91. The summed E-state index contributed by atoms with van der Waals surface area (Å²) in [6.45, 7) is 5.94. The zero-order valence-electron chi connectivity index (χ0n) is 17.2. The number of amides is 1. The molecule has 2 aromatic carbocycles. The molecule has 156 valence electrons. The molecule has 6 nitrogen and oxygen atoms in total. The Morgan fingerprint density at radius 1 is 1.17 bits per heavy atom. The van der Waals surface area contributed by atoms with Crippen LogP contribution in [0.3, 0.4) is 0 Å². The molecule has 0 aromatic heterocycles. The van der Waals surface area contributed by atoms with Crippen LogP contribution in [0.15, 0.2) is 53.4 Å². The molecule has 7 heteroatoms. The number of likely N-dealkylation sites (N-methyl/N-ethyl adjacent to an activating group) is 2. The Morgan fingerprint density at radius 2 is 1.86 bits per heavy atom. The highest BCUT2D eigenvalue weighted by Gasteiger charge is 2.27. The van der Waals surface area contributed by atoms with E-state index in [1.165, 1.54) is 0 Å². The van der Waals surface area contributed by atoms with Gasteiger partial charge in [0, 0.05) is 20.0 Å². The fourth-order valence-corrected chi connectivity index (χ4v) is 4.69. The molecular formula is C22H28N2O4S. The van der Waals surface area contributed by atoms with E-state index in [1.807, 2.05) is 31.2 Å². The van der Waals surface area contributed by atoms with Crippen molar-refractivity contribution in [1.29, 1.82) is 0 Å². The van der Waals surface area contributed by atoms with Gasteiger partial charge in [-0.15, -0.1) is 0 Å². The Balaban J connectivity index is 1.57. The van der Waals surface area contributed by atoms with Crippen molar-refractivity contribution in [3.05, 3.63) is 54.1 Å². The molecule has 2 aromatic rings. The van der Waals surface area contributed by atoms with E-state index in [0.29, 0.717) is 13.1 Å². The van der Waals surface area contributed by atoms with Crippen molar-refractivity contribution in [1.82, 2.24) is 4.90 Å². The van der Waals surface area contributed by atoms with Gasteiger partial charge in [0.1, 0.15) is 11.9 Å². The molecule has 0 spiro atoms. The van der Waals surface area contributed by atoms with Crippen LogP contribution < -0.4 is 9.64 Å². The number of nitrogens with zero attached hydrogens (tertiary/aromatic N) is 2. The number of carbonyl (C=O) groups is 1. The van der Waals surface area contributed by atoms with Crippen molar-refractivity contribution in [2.24, 2.45) is 0 Å². The molecule has 1 atom stereocenters. The van der Waals surface area contributed by atoms with Crippen LogP contribution in [0, 0.1) is 6.92 Å². The number of hydrogen-bond donors (Lipinski definition) is 0. The summed E-state index contributed by atoms with van der Waals surface area (Å²) in [4.78, 5) is 16.6. The van der Waals surface area contributed by atoms with Crippen molar-refractivity contribution < 1.29 is 17.9 Å². The van der Waals surface area contributed by atoms with E-state index < -0.39 is 9.84 Å². The summed E-state index contributed by atoms with van der Waals surface area (Å²) in [6.07, 6.45) is -0.208. The van der Waals surface area contributed by atoms with Crippen molar-refractivity contribution in [2.45, 2.75) is 31.3 Å². The zero-order valence-corrected chi connectivity index (χ0v) is 18.0. The Hall–Kier alpha value is -2.54. The molecule has 0 unspecified atom stereocenters. The molecule has 1 aliphatic heterocycles. The van der Waals surface area contributed by atoms with Crippen LogP contribution >= 0.6 is 0 Å². The van der Waals surface area contributed by atoms with E-state index in [1.54, 1.807) is 36.2 Å². The number of fused-ring (bicyclic) bond motifs is 1. The molecular weight excluding hydrogens is 388 g/mol. The van der Waals surface area contributed by atoms with Gasteiger partial charge in [0.25, 0.3) is 0 Å². The Bertz CT molecular complexity index is 957. The highest BCUT2D eigenvalue weighted by Crippen LogP contribution is 2.32.